The molecule has 6 nitrogen and oxygen atoms in total. The molecule has 0 radical (unpaired) electrons. The van der Waals surface area contributed by atoms with Crippen LogP contribution in [0, 0.1) is 11.6 Å². The summed E-state index contributed by atoms with van der Waals surface area (Å²) in [7, 11) is 0. The summed E-state index contributed by atoms with van der Waals surface area (Å²) in [6.07, 6.45) is 2.80. The third-order valence-electron chi connectivity index (χ3n) is 3.66. The van der Waals surface area contributed by atoms with Gasteiger partial charge in [0, 0.05) is 0 Å². The van der Waals surface area contributed by atoms with Crippen molar-refractivity contribution in [3.8, 4) is 0 Å². The Labute approximate surface area is 171 Å². The number of hydrogen-bond donors (Lipinski definition) is 2. The van der Waals surface area contributed by atoms with E-state index in [1.54, 1.807) is 13.8 Å². The highest BCUT2D eigenvalue weighted by molar-refractivity contribution is 8.01. The summed E-state index contributed by atoms with van der Waals surface area (Å²) in [4.78, 5) is 24.1. The molecule has 2 N–H and O–H groups in total. The smallest absolute Gasteiger partial charge is 0.252 e. The first-order valence-electron chi connectivity index (χ1n) is 8.67. The van der Waals surface area contributed by atoms with Gasteiger partial charge in [-0.2, -0.15) is 10.2 Å². The number of rotatable bonds is 8. The second-order valence-corrected chi connectivity index (χ2v) is 7.68. The Bertz CT molecular complexity index is 813. The minimum absolute atomic E-state index is 0.356. The van der Waals surface area contributed by atoms with E-state index in [1.807, 2.05) is 0 Å². The van der Waals surface area contributed by atoms with Gasteiger partial charge >= 0.3 is 0 Å². The zero-order valence-corrected chi connectivity index (χ0v) is 16.6. The van der Waals surface area contributed by atoms with Gasteiger partial charge < -0.3 is 0 Å². The molecule has 0 spiro atoms. The Hall–Kier alpha value is -3.07. The van der Waals surface area contributed by atoms with Gasteiger partial charge in [-0.15, -0.1) is 11.8 Å². The molecule has 0 saturated heterocycles. The molecular formula is C20H20F2N4O2S. The maximum Gasteiger partial charge on any atom is 0.252 e. The lowest BCUT2D eigenvalue weighted by Crippen LogP contribution is -2.33. The van der Waals surface area contributed by atoms with E-state index in [-0.39, 0.29) is 23.4 Å². The van der Waals surface area contributed by atoms with Gasteiger partial charge in [-0.05, 0) is 49.2 Å². The zero-order chi connectivity index (χ0) is 21.2. The molecule has 0 aliphatic rings. The highest BCUT2D eigenvalue weighted by Gasteiger charge is 2.21. The standard InChI is InChI=1S/C20H20F2N4O2S/c1-13(19(27)25-23-11-15-3-7-17(21)8-4-15)29-14(2)20(28)26-24-12-16-5-9-18(22)10-6-16/h3-14H,1-2H3,(H,25,27)(H,26,28). The molecule has 2 aromatic rings. The van der Waals surface area contributed by atoms with Crippen molar-refractivity contribution in [1.29, 1.82) is 0 Å². The second kappa shape index (κ2) is 11.1. The molecule has 0 fully saturated rings. The molecule has 2 unspecified atom stereocenters. The summed E-state index contributed by atoms with van der Waals surface area (Å²) in [5.74, 6) is -1.46. The van der Waals surface area contributed by atoms with Crippen molar-refractivity contribution < 1.29 is 18.4 Å². The monoisotopic (exact) mass is 418 g/mol. The molecule has 29 heavy (non-hydrogen) atoms. The molecule has 2 rings (SSSR count). The lowest BCUT2D eigenvalue weighted by molar-refractivity contribution is -0.120. The first-order valence-corrected chi connectivity index (χ1v) is 9.62. The van der Waals surface area contributed by atoms with Crippen molar-refractivity contribution in [2.75, 3.05) is 0 Å². The molecule has 2 aromatic carbocycles. The average molecular weight is 418 g/mol. The summed E-state index contributed by atoms with van der Waals surface area (Å²) in [6.45, 7) is 3.30. The number of thioether (sulfide) groups is 1. The number of carbonyl (C=O) groups is 2. The quantitative estimate of drug-likeness (QED) is 0.511. The Kier molecular flexibility index (Phi) is 8.47. The Balaban J connectivity index is 1.76. The Morgan fingerprint density at radius 1 is 0.793 bits per heavy atom. The van der Waals surface area contributed by atoms with Crippen LogP contribution in [0.2, 0.25) is 0 Å². The van der Waals surface area contributed by atoms with E-state index in [1.165, 1.54) is 61.0 Å². The van der Waals surface area contributed by atoms with Gasteiger partial charge in [-0.1, -0.05) is 24.3 Å². The number of nitrogens with one attached hydrogen (secondary N) is 2. The number of nitrogens with zero attached hydrogens (tertiary/aromatic N) is 2. The van der Waals surface area contributed by atoms with Crippen molar-refractivity contribution in [1.82, 2.24) is 10.9 Å². The lowest BCUT2D eigenvalue weighted by Gasteiger charge is -2.14. The number of hydrogen-bond acceptors (Lipinski definition) is 5. The third kappa shape index (κ3) is 7.82. The van der Waals surface area contributed by atoms with Crippen LogP contribution in [0.5, 0.6) is 0 Å². The highest BCUT2D eigenvalue weighted by atomic mass is 32.2. The van der Waals surface area contributed by atoms with Crippen molar-refractivity contribution >= 4 is 36.0 Å². The first kappa shape index (κ1) is 22.2. The predicted octanol–water partition coefficient (Wildman–Crippen LogP) is 3.08. The van der Waals surface area contributed by atoms with Crippen LogP contribution in [-0.2, 0) is 9.59 Å². The molecule has 152 valence electrons. The first-order chi connectivity index (χ1) is 13.8. The molecule has 2 atom stereocenters. The van der Waals surface area contributed by atoms with Gasteiger partial charge in [0.05, 0.1) is 22.9 Å². The lowest BCUT2D eigenvalue weighted by atomic mass is 10.2. The fourth-order valence-electron chi connectivity index (χ4n) is 2.05. The van der Waals surface area contributed by atoms with E-state index in [0.29, 0.717) is 11.1 Å². The van der Waals surface area contributed by atoms with E-state index in [0.717, 1.165) is 11.8 Å². The van der Waals surface area contributed by atoms with E-state index in [2.05, 4.69) is 21.1 Å². The topological polar surface area (TPSA) is 82.9 Å². The number of halogens is 2. The fraction of sp³-hybridized carbons (Fsp3) is 0.200. The summed E-state index contributed by atoms with van der Waals surface area (Å²) < 4.78 is 25.7. The third-order valence-corrected chi connectivity index (χ3v) is 4.91. The molecule has 0 aliphatic heterocycles. The van der Waals surface area contributed by atoms with Gasteiger partial charge in [0.15, 0.2) is 0 Å². The maximum atomic E-state index is 12.8. The van der Waals surface area contributed by atoms with Crippen LogP contribution in [0.15, 0.2) is 58.7 Å². The van der Waals surface area contributed by atoms with Crippen molar-refractivity contribution in [2.24, 2.45) is 10.2 Å². The van der Waals surface area contributed by atoms with Crippen LogP contribution in [0.3, 0.4) is 0 Å². The number of amides is 2. The van der Waals surface area contributed by atoms with Crippen molar-refractivity contribution in [3.63, 3.8) is 0 Å². The average Bonchev–Trinajstić information content (AvgIpc) is 2.70. The van der Waals surface area contributed by atoms with Crippen molar-refractivity contribution in [3.05, 3.63) is 71.3 Å². The van der Waals surface area contributed by atoms with Gasteiger partial charge in [0.25, 0.3) is 11.8 Å². The van der Waals surface area contributed by atoms with Gasteiger partial charge in [0.1, 0.15) is 11.6 Å². The summed E-state index contributed by atoms with van der Waals surface area (Å²) >= 11 is 1.14. The number of carbonyl (C=O) groups excluding carboxylic acids is 2. The van der Waals surface area contributed by atoms with E-state index in [4.69, 9.17) is 0 Å². The van der Waals surface area contributed by atoms with Crippen LogP contribution >= 0.6 is 11.8 Å². The normalized spacial score (nSPS) is 13.4. The summed E-state index contributed by atoms with van der Waals surface area (Å²) in [5.41, 5.74) is 6.04. The Morgan fingerprint density at radius 3 is 1.48 bits per heavy atom. The van der Waals surface area contributed by atoms with E-state index >= 15 is 0 Å². The van der Waals surface area contributed by atoms with Gasteiger partial charge in [-0.25, -0.2) is 19.6 Å². The molecule has 0 aliphatic carbocycles. The van der Waals surface area contributed by atoms with Crippen LogP contribution in [-0.4, -0.2) is 34.7 Å². The second-order valence-electron chi connectivity index (χ2n) is 5.99. The molecule has 0 bridgehead atoms. The molecule has 0 saturated carbocycles. The number of hydrazone groups is 2. The largest absolute Gasteiger partial charge is 0.272 e. The predicted molar refractivity (Wildman–Crippen MR) is 111 cm³/mol. The van der Waals surface area contributed by atoms with Crippen LogP contribution in [0.25, 0.3) is 0 Å². The zero-order valence-electron chi connectivity index (χ0n) is 15.8. The Morgan fingerprint density at radius 2 is 1.14 bits per heavy atom. The van der Waals surface area contributed by atoms with Crippen LogP contribution < -0.4 is 10.9 Å². The van der Waals surface area contributed by atoms with Gasteiger partial charge in [0.2, 0.25) is 0 Å². The molecule has 2 amide bonds. The maximum absolute atomic E-state index is 12.8. The summed E-state index contributed by atoms with van der Waals surface area (Å²) in [5, 5.41) is 6.57. The fourth-order valence-corrected chi connectivity index (χ4v) is 3.02. The molecule has 0 heterocycles. The van der Waals surface area contributed by atoms with Crippen molar-refractivity contribution in [2.45, 2.75) is 24.3 Å². The molecular weight excluding hydrogens is 398 g/mol. The molecule has 9 heteroatoms. The van der Waals surface area contributed by atoms with E-state index < -0.39 is 10.5 Å². The minimum atomic E-state index is -0.540. The SMILES string of the molecule is CC(SC(C)C(=O)NN=Cc1ccc(F)cc1)C(=O)NN=Cc1ccc(F)cc1. The van der Waals surface area contributed by atoms with Gasteiger partial charge in [-0.3, -0.25) is 9.59 Å². The number of benzene rings is 2. The highest BCUT2D eigenvalue weighted by Crippen LogP contribution is 2.17. The van der Waals surface area contributed by atoms with Crippen LogP contribution in [0.4, 0.5) is 8.78 Å². The summed E-state index contributed by atoms with van der Waals surface area (Å²) in [6, 6.07) is 11.3. The molecule has 0 aromatic heterocycles. The van der Waals surface area contributed by atoms with E-state index in [9.17, 15) is 18.4 Å². The minimum Gasteiger partial charge on any atom is -0.272 e. The van der Waals surface area contributed by atoms with Crippen LogP contribution in [0.1, 0.15) is 25.0 Å².